The van der Waals surface area contributed by atoms with Crippen molar-refractivity contribution in [2.45, 2.75) is 64.0 Å². The van der Waals surface area contributed by atoms with E-state index in [9.17, 15) is 4.79 Å². The predicted octanol–water partition coefficient (Wildman–Crippen LogP) is 3.76. The molecule has 2 atom stereocenters. The van der Waals surface area contributed by atoms with Crippen molar-refractivity contribution >= 4 is 17.3 Å². The molecule has 1 saturated heterocycles. The summed E-state index contributed by atoms with van der Waals surface area (Å²) in [5.74, 6) is 0.407. The first kappa shape index (κ1) is 16.3. The predicted molar refractivity (Wildman–Crippen MR) is 95.8 cm³/mol. The molecule has 2 unspecified atom stereocenters. The van der Waals surface area contributed by atoms with Crippen molar-refractivity contribution in [3.63, 3.8) is 0 Å². The molecule has 1 amide bonds. The third kappa shape index (κ3) is 5.24. The maximum atomic E-state index is 11.9. The summed E-state index contributed by atoms with van der Waals surface area (Å²) in [7, 11) is 0. The minimum atomic E-state index is 0.165. The zero-order valence-electron chi connectivity index (χ0n) is 14.1. The minimum absolute atomic E-state index is 0.165. The van der Waals surface area contributed by atoms with Gasteiger partial charge in [-0.1, -0.05) is 18.9 Å². The van der Waals surface area contributed by atoms with Crippen molar-refractivity contribution < 1.29 is 4.79 Å². The molecular weight excluding hydrogens is 286 g/mol. The first-order chi connectivity index (χ1) is 11.2. The lowest BCUT2D eigenvalue weighted by atomic mass is 10.0. The van der Waals surface area contributed by atoms with Gasteiger partial charge in [0.25, 0.3) is 0 Å². The summed E-state index contributed by atoms with van der Waals surface area (Å²) in [6.45, 7) is 3.39. The highest BCUT2D eigenvalue weighted by Crippen LogP contribution is 2.30. The SMILES string of the molecule is CC(CC1CCCCCN1)Nc1cccc(NC(=O)C2CC2)c1. The third-order valence-electron chi connectivity index (χ3n) is 4.79. The van der Waals surface area contributed by atoms with Gasteiger partial charge in [0, 0.05) is 29.4 Å². The molecule has 1 aliphatic heterocycles. The summed E-state index contributed by atoms with van der Waals surface area (Å²) in [4.78, 5) is 11.9. The highest BCUT2D eigenvalue weighted by Gasteiger charge is 2.29. The molecule has 0 bridgehead atoms. The molecule has 0 aromatic heterocycles. The van der Waals surface area contributed by atoms with Gasteiger partial charge < -0.3 is 16.0 Å². The van der Waals surface area contributed by atoms with Crippen LogP contribution in [-0.4, -0.2) is 24.5 Å². The smallest absolute Gasteiger partial charge is 0.227 e. The number of nitrogens with one attached hydrogen (secondary N) is 3. The number of rotatable bonds is 6. The van der Waals surface area contributed by atoms with Gasteiger partial charge in [0.1, 0.15) is 0 Å². The van der Waals surface area contributed by atoms with Crippen molar-refractivity contribution in [1.29, 1.82) is 0 Å². The van der Waals surface area contributed by atoms with Crippen LogP contribution >= 0.6 is 0 Å². The van der Waals surface area contributed by atoms with Crippen LogP contribution in [0.1, 0.15) is 51.9 Å². The lowest BCUT2D eigenvalue weighted by Crippen LogP contribution is -2.33. The van der Waals surface area contributed by atoms with Crippen LogP contribution in [0.3, 0.4) is 0 Å². The number of amides is 1. The Bertz CT molecular complexity index is 519. The molecule has 1 aliphatic carbocycles. The second kappa shape index (κ2) is 7.82. The van der Waals surface area contributed by atoms with E-state index in [0.29, 0.717) is 12.1 Å². The molecule has 2 fully saturated rings. The maximum Gasteiger partial charge on any atom is 0.227 e. The Morgan fingerprint density at radius 1 is 1.22 bits per heavy atom. The molecule has 1 aromatic rings. The fraction of sp³-hybridized carbons (Fsp3) is 0.632. The van der Waals surface area contributed by atoms with Crippen LogP contribution in [0.5, 0.6) is 0 Å². The van der Waals surface area contributed by atoms with E-state index in [4.69, 9.17) is 0 Å². The van der Waals surface area contributed by atoms with Crippen LogP contribution in [0.4, 0.5) is 11.4 Å². The number of hydrogen-bond donors (Lipinski definition) is 3. The molecule has 0 spiro atoms. The summed E-state index contributed by atoms with van der Waals surface area (Å²) in [6, 6.07) is 9.11. The van der Waals surface area contributed by atoms with Crippen molar-refractivity contribution in [2.75, 3.05) is 17.2 Å². The summed E-state index contributed by atoms with van der Waals surface area (Å²) < 4.78 is 0. The van der Waals surface area contributed by atoms with E-state index >= 15 is 0 Å². The largest absolute Gasteiger partial charge is 0.382 e. The zero-order chi connectivity index (χ0) is 16.1. The standard InChI is InChI=1S/C19H29N3O/c1-14(12-16-6-3-2-4-11-20-16)21-17-7-5-8-18(13-17)22-19(23)15-9-10-15/h5,7-8,13-16,20-21H,2-4,6,9-12H2,1H3,(H,22,23). The number of carbonyl (C=O) groups excluding carboxylic acids is 1. The van der Waals surface area contributed by atoms with Gasteiger partial charge in [0.2, 0.25) is 5.91 Å². The average Bonchev–Trinajstić information content (AvgIpc) is 3.35. The van der Waals surface area contributed by atoms with Crippen molar-refractivity contribution in [3.05, 3.63) is 24.3 Å². The van der Waals surface area contributed by atoms with Gasteiger partial charge >= 0.3 is 0 Å². The van der Waals surface area contributed by atoms with Crippen molar-refractivity contribution in [3.8, 4) is 0 Å². The molecule has 3 rings (SSSR count). The second-order valence-corrected chi connectivity index (χ2v) is 7.13. The van der Waals surface area contributed by atoms with Gasteiger partial charge in [0.05, 0.1) is 0 Å². The van der Waals surface area contributed by atoms with Crippen molar-refractivity contribution in [2.24, 2.45) is 5.92 Å². The Kier molecular flexibility index (Phi) is 5.55. The maximum absolute atomic E-state index is 11.9. The van der Waals surface area contributed by atoms with E-state index in [1.54, 1.807) is 0 Å². The Morgan fingerprint density at radius 3 is 2.87 bits per heavy atom. The number of benzene rings is 1. The summed E-state index contributed by atoms with van der Waals surface area (Å²) in [5.41, 5.74) is 1.98. The van der Waals surface area contributed by atoms with Crippen molar-refractivity contribution in [1.82, 2.24) is 5.32 Å². The third-order valence-corrected chi connectivity index (χ3v) is 4.79. The van der Waals surface area contributed by atoms with E-state index < -0.39 is 0 Å². The van der Waals surface area contributed by atoms with Gasteiger partial charge in [-0.25, -0.2) is 0 Å². The first-order valence-electron chi connectivity index (χ1n) is 9.11. The molecule has 23 heavy (non-hydrogen) atoms. The van der Waals surface area contributed by atoms with Crippen LogP contribution in [0.25, 0.3) is 0 Å². The zero-order valence-corrected chi connectivity index (χ0v) is 14.1. The lowest BCUT2D eigenvalue weighted by molar-refractivity contribution is -0.117. The molecule has 126 valence electrons. The average molecular weight is 315 g/mol. The van der Waals surface area contributed by atoms with Gasteiger partial charge in [-0.2, -0.15) is 0 Å². The minimum Gasteiger partial charge on any atom is -0.382 e. The molecule has 1 aromatic carbocycles. The van der Waals surface area contributed by atoms with E-state index in [0.717, 1.165) is 37.2 Å². The normalized spacial score (nSPS) is 22.9. The summed E-state index contributed by atoms with van der Waals surface area (Å²) >= 11 is 0. The monoisotopic (exact) mass is 315 g/mol. The van der Waals surface area contributed by atoms with Gasteiger partial charge in [-0.3, -0.25) is 4.79 Å². The molecule has 4 heteroatoms. The van der Waals surface area contributed by atoms with Gasteiger partial charge in [-0.15, -0.1) is 0 Å². The quantitative estimate of drug-likeness (QED) is 0.749. The van der Waals surface area contributed by atoms with Crippen LogP contribution in [0.2, 0.25) is 0 Å². The highest BCUT2D eigenvalue weighted by molar-refractivity contribution is 5.94. The Hall–Kier alpha value is -1.55. The summed E-state index contributed by atoms with van der Waals surface area (Å²) in [5, 5.41) is 10.3. The van der Waals surface area contributed by atoms with Crippen LogP contribution in [0.15, 0.2) is 24.3 Å². The topological polar surface area (TPSA) is 53.2 Å². The Labute approximate surface area is 139 Å². The van der Waals surface area contributed by atoms with Gasteiger partial charge in [-0.05, 0) is 63.8 Å². The molecule has 2 aliphatic rings. The van der Waals surface area contributed by atoms with E-state index in [1.165, 1.54) is 25.7 Å². The van der Waals surface area contributed by atoms with E-state index in [-0.39, 0.29) is 11.8 Å². The number of hydrogen-bond acceptors (Lipinski definition) is 3. The first-order valence-corrected chi connectivity index (χ1v) is 9.11. The Morgan fingerprint density at radius 2 is 2.04 bits per heavy atom. The molecule has 1 heterocycles. The fourth-order valence-electron chi connectivity index (χ4n) is 3.35. The molecule has 4 nitrogen and oxygen atoms in total. The molecule has 1 saturated carbocycles. The van der Waals surface area contributed by atoms with Gasteiger partial charge in [0.15, 0.2) is 0 Å². The number of anilines is 2. The molecular formula is C19H29N3O. The number of carbonyl (C=O) groups is 1. The van der Waals surface area contributed by atoms with Crippen LogP contribution < -0.4 is 16.0 Å². The van der Waals surface area contributed by atoms with Crippen LogP contribution in [0, 0.1) is 5.92 Å². The highest BCUT2D eigenvalue weighted by atomic mass is 16.2. The van der Waals surface area contributed by atoms with Crippen LogP contribution in [-0.2, 0) is 4.79 Å². The van der Waals surface area contributed by atoms with E-state index in [2.05, 4.69) is 28.9 Å². The Balaban J connectivity index is 1.50. The molecule has 3 N–H and O–H groups in total. The lowest BCUT2D eigenvalue weighted by Gasteiger charge is -2.22. The van der Waals surface area contributed by atoms with E-state index in [1.807, 2.05) is 18.2 Å². The summed E-state index contributed by atoms with van der Waals surface area (Å²) in [6.07, 6.45) is 8.49. The molecule has 0 radical (unpaired) electrons. The second-order valence-electron chi connectivity index (χ2n) is 7.13. The fourth-order valence-corrected chi connectivity index (χ4v) is 3.35.